The third-order valence-electron chi connectivity index (χ3n) is 3.55. The van der Waals surface area contributed by atoms with Crippen molar-refractivity contribution in [2.75, 3.05) is 10.2 Å². The average Bonchev–Trinajstić information content (AvgIpc) is 2.76. The molecule has 2 aromatic rings. The molecule has 1 aliphatic rings. The molecule has 2 amide bonds. The van der Waals surface area contributed by atoms with E-state index in [1.165, 1.54) is 0 Å². The quantitative estimate of drug-likeness (QED) is 0.520. The number of nitrogens with one attached hydrogen (secondary N) is 1. The zero-order valence-electron chi connectivity index (χ0n) is 12.4. The van der Waals surface area contributed by atoms with Crippen molar-refractivity contribution in [3.8, 4) is 0 Å². The molecule has 1 aliphatic heterocycles. The highest BCUT2D eigenvalue weighted by molar-refractivity contribution is 14.1. The number of amides is 2. The summed E-state index contributed by atoms with van der Waals surface area (Å²) in [6, 6.07) is 12.3. The van der Waals surface area contributed by atoms with E-state index in [2.05, 4.69) is 27.9 Å². The van der Waals surface area contributed by atoms with Gasteiger partial charge in [-0.3, -0.25) is 9.59 Å². The summed E-state index contributed by atoms with van der Waals surface area (Å²) >= 11 is 14.3. The molecule has 0 bridgehead atoms. The van der Waals surface area contributed by atoms with Gasteiger partial charge in [0.25, 0.3) is 11.8 Å². The summed E-state index contributed by atoms with van der Waals surface area (Å²) in [6.07, 6.45) is 0. The molecule has 1 N–H and O–H groups in total. The molecule has 7 heteroatoms. The Labute approximate surface area is 162 Å². The van der Waals surface area contributed by atoms with Crippen molar-refractivity contribution in [3.63, 3.8) is 0 Å². The second-order valence-electron chi connectivity index (χ2n) is 5.20. The van der Waals surface area contributed by atoms with Gasteiger partial charge in [0.2, 0.25) is 0 Å². The topological polar surface area (TPSA) is 49.4 Å². The Morgan fingerprint density at radius 1 is 1.00 bits per heavy atom. The number of halogens is 3. The number of hydrogen-bond donors (Lipinski definition) is 1. The number of carbonyl (C=O) groups excluding carboxylic acids is 2. The molecule has 4 nitrogen and oxygen atoms in total. The Hall–Kier alpha value is -1.57. The van der Waals surface area contributed by atoms with Crippen molar-refractivity contribution in [2.45, 2.75) is 6.92 Å². The van der Waals surface area contributed by atoms with Crippen molar-refractivity contribution < 1.29 is 9.59 Å². The van der Waals surface area contributed by atoms with E-state index in [0.29, 0.717) is 16.4 Å². The van der Waals surface area contributed by atoms with Crippen LogP contribution >= 0.6 is 45.8 Å². The molecule has 0 saturated heterocycles. The number of aryl methyl sites for hydroxylation is 1. The Morgan fingerprint density at radius 2 is 1.67 bits per heavy atom. The molecule has 1 heterocycles. The summed E-state index contributed by atoms with van der Waals surface area (Å²) in [5, 5.41) is 3.31. The van der Waals surface area contributed by atoms with Gasteiger partial charge >= 0.3 is 0 Å². The second kappa shape index (κ2) is 6.74. The summed E-state index contributed by atoms with van der Waals surface area (Å²) in [5.41, 5.74) is 2.02. The SMILES string of the molecule is Cc1ccc(NC2=C(Cl)C(=O)N(c3ccc(I)cc3)C2=O)cc1Cl. The van der Waals surface area contributed by atoms with Crippen molar-refractivity contribution in [1.82, 2.24) is 0 Å². The number of carbonyl (C=O) groups is 2. The number of hydrogen-bond acceptors (Lipinski definition) is 3. The van der Waals surface area contributed by atoms with E-state index in [4.69, 9.17) is 23.2 Å². The molecular weight excluding hydrogens is 462 g/mol. The van der Waals surface area contributed by atoms with Gasteiger partial charge in [-0.25, -0.2) is 4.90 Å². The predicted molar refractivity (Wildman–Crippen MR) is 104 cm³/mol. The van der Waals surface area contributed by atoms with Crippen LogP contribution in [0.15, 0.2) is 53.2 Å². The van der Waals surface area contributed by atoms with E-state index in [1.807, 2.05) is 25.1 Å². The van der Waals surface area contributed by atoms with Crippen molar-refractivity contribution in [1.29, 1.82) is 0 Å². The minimum Gasteiger partial charge on any atom is -0.350 e. The van der Waals surface area contributed by atoms with Crippen LogP contribution in [0.25, 0.3) is 0 Å². The van der Waals surface area contributed by atoms with Crippen LogP contribution < -0.4 is 10.2 Å². The number of imide groups is 1. The number of anilines is 2. The molecule has 0 unspecified atom stereocenters. The van der Waals surface area contributed by atoms with Crippen LogP contribution in [0.3, 0.4) is 0 Å². The van der Waals surface area contributed by atoms with Gasteiger partial charge < -0.3 is 5.32 Å². The monoisotopic (exact) mass is 472 g/mol. The maximum absolute atomic E-state index is 12.6. The van der Waals surface area contributed by atoms with Crippen molar-refractivity contribution in [3.05, 3.63) is 67.4 Å². The lowest BCUT2D eigenvalue weighted by atomic mass is 10.2. The van der Waals surface area contributed by atoms with Crippen LogP contribution in [0.1, 0.15) is 5.56 Å². The van der Waals surface area contributed by atoms with Gasteiger partial charge in [0.05, 0.1) is 5.69 Å². The Morgan fingerprint density at radius 3 is 2.29 bits per heavy atom. The predicted octanol–water partition coefficient (Wildman–Crippen LogP) is 4.69. The van der Waals surface area contributed by atoms with E-state index < -0.39 is 11.8 Å². The first-order valence-electron chi connectivity index (χ1n) is 6.96. The molecule has 122 valence electrons. The van der Waals surface area contributed by atoms with Gasteiger partial charge in [-0.05, 0) is 71.5 Å². The van der Waals surface area contributed by atoms with Crippen molar-refractivity contribution >= 4 is 69.0 Å². The fourth-order valence-electron chi connectivity index (χ4n) is 2.25. The first kappa shape index (κ1) is 17.3. The van der Waals surface area contributed by atoms with Crippen molar-refractivity contribution in [2.24, 2.45) is 0 Å². The number of rotatable bonds is 3. The molecule has 0 spiro atoms. The first-order chi connectivity index (χ1) is 11.4. The summed E-state index contributed by atoms with van der Waals surface area (Å²) in [4.78, 5) is 26.1. The summed E-state index contributed by atoms with van der Waals surface area (Å²) < 4.78 is 1.00. The van der Waals surface area contributed by atoms with E-state index in [-0.39, 0.29) is 10.7 Å². The van der Waals surface area contributed by atoms with E-state index in [1.54, 1.807) is 24.3 Å². The van der Waals surface area contributed by atoms with E-state index in [9.17, 15) is 9.59 Å². The fraction of sp³-hybridized carbons (Fsp3) is 0.0588. The van der Waals surface area contributed by atoms with Gasteiger partial charge in [0, 0.05) is 14.3 Å². The minimum atomic E-state index is -0.552. The average molecular weight is 473 g/mol. The third-order valence-corrected chi connectivity index (χ3v) is 5.03. The highest BCUT2D eigenvalue weighted by Crippen LogP contribution is 2.31. The maximum Gasteiger partial charge on any atom is 0.283 e. The molecule has 0 saturated carbocycles. The summed E-state index contributed by atoms with van der Waals surface area (Å²) in [7, 11) is 0. The highest BCUT2D eigenvalue weighted by Gasteiger charge is 2.38. The fourth-order valence-corrected chi connectivity index (χ4v) is 3.00. The van der Waals surface area contributed by atoms with Gasteiger partial charge in [-0.15, -0.1) is 0 Å². The highest BCUT2D eigenvalue weighted by atomic mass is 127. The summed E-state index contributed by atoms with van der Waals surface area (Å²) in [5.74, 6) is -1.05. The van der Waals surface area contributed by atoms with Gasteiger partial charge in [0.15, 0.2) is 0 Å². The van der Waals surface area contributed by atoms with E-state index >= 15 is 0 Å². The molecule has 0 fully saturated rings. The first-order valence-corrected chi connectivity index (χ1v) is 8.79. The standard InChI is InChI=1S/C17H11Cl2IN2O2/c1-9-2-5-11(8-13(9)18)21-15-14(19)16(23)22(17(15)24)12-6-3-10(20)4-7-12/h2-8,21H,1H3. The van der Waals surface area contributed by atoms with Crippen LogP contribution in [0, 0.1) is 10.5 Å². The normalized spacial score (nSPS) is 14.6. The molecule has 2 aromatic carbocycles. The molecule has 0 aliphatic carbocycles. The zero-order chi connectivity index (χ0) is 17.4. The van der Waals surface area contributed by atoms with Crippen LogP contribution in [0.4, 0.5) is 11.4 Å². The lowest BCUT2D eigenvalue weighted by Crippen LogP contribution is -2.32. The Balaban J connectivity index is 1.91. The van der Waals surface area contributed by atoms with Gasteiger partial charge in [-0.2, -0.15) is 0 Å². The molecule has 24 heavy (non-hydrogen) atoms. The van der Waals surface area contributed by atoms with Crippen LogP contribution in [0.5, 0.6) is 0 Å². The Bertz CT molecular complexity index is 879. The molecule has 3 rings (SSSR count). The lowest BCUT2D eigenvalue weighted by molar-refractivity contribution is -0.120. The van der Waals surface area contributed by atoms with Crippen LogP contribution in [-0.4, -0.2) is 11.8 Å². The molecular formula is C17H11Cl2IN2O2. The third kappa shape index (κ3) is 3.16. The minimum absolute atomic E-state index is 0.0418. The smallest absolute Gasteiger partial charge is 0.283 e. The Kier molecular flexibility index (Phi) is 4.85. The number of nitrogens with zero attached hydrogens (tertiary/aromatic N) is 1. The lowest BCUT2D eigenvalue weighted by Gasteiger charge is -2.15. The number of benzene rings is 2. The maximum atomic E-state index is 12.6. The van der Waals surface area contributed by atoms with Crippen LogP contribution in [0.2, 0.25) is 5.02 Å². The van der Waals surface area contributed by atoms with Gasteiger partial charge in [0.1, 0.15) is 10.7 Å². The van der Waals surface area contributed by atoms with Gasteiger partial charge in [-0.1, -0.05) is 29.3 Å². The van der Waals surface area contributed by atoms with E-state index in [0.717, 1.165) is 14.0 Å². The molecule has 0 radical (unpaired) electrons. The second-order valence-corrected chi connectivity index (χ2v) is 7.23. The largest absolute Gasteiger partial charge is 0.350 e. The zero-order valence-corrected chi connectivity index (χ0v) is 16.1. The van der Waals surface area contributed by atoms with Crippen LogP contribution in [-0.2, 0) is 9.59 Å². The summed E-state index contributed by atoms with van der Waals surface area (Å²) in [6.45, 7) is 1.88. The molecule has 0 aromatic heterocycles. The molecule has 0 atom stereocenters.